The molecule has 2 N–H and O–H groups in total. The Balaban J connectivity index is 0.00000261. The molecule has 0 fully saturated rings. The first-order chi connectivity index (χ1) is 12.7. The molecular weight excluding hydrogens is 368 g/mol. The minimum absolute atomic E-state index is 0. The number of imidazole rings is 1. The summed E-state index contributed by atoms with van der Waals surface area (Å²) in [6.07, 6.45) is 5.27. The van der Waals surface area contributed by atoms with E-state index in [1.54, 1.807) is 6.20 Å². The topological polar surface area (TPSA) is 89.3 Å². The molecule has 0 spiro atoms. The van der Waals surface area contributed by atoms with E-state index in [0.717, 1.165) is 59.9 Å². The molecule has 0 saturated carbocycles. The standard InChI is InChI=1S/C19H24N4O3.ClH/c1-2-3-10-17-22-16-13-21-15-9-5-4-8-14(15)18(16)23(17)26-12-7-6-11-20-19(24)25;/h4-5,8-9,13,20H,2-3,6-7,10-12H2,1H3,(H,24,25);1H. The number of rotatable bonds is 9. The van der Waals surface area contributed by atoms with Crippen molar-refractivity contribution < 1.29 is 14.7 Å². The average Bonchev–Trinajstić information content (AvgIpc) is 3.00. The van der Waals surface area contributed by atoms with E-state index in [-0.39, 0.29) is 12.4 Å². The largest absolute Gasteiger partial charge is 0.465 e. The van der Waals surface area contributed by atoms with Crippen molar-refractivity contribution in [2.45, 2.75) is 39.0 Å². The van der Waals surface area contributed by atoms with Gasteiger partial charge in [0.1, 0.15) is 23.5 Å². The van der Waals surface area contributed by atoms with Crippen molar-refractivity contribution in [2.24, 2.45) is 0 Å². The number of nitrogens with one attached hydrogen (secondary N) is 1. The molecule has 0 aliphatic rings. The van der Waals surface area contributed by atoms with Crippen LogP contribution in [0.15, 0.2) is 30.5 Å². The smallest absolute Gasteiger partial charge is 0.404 e. The van der Waals surface area contributed by atoms with Gasteiger partial charge in [-0.25, -0.2) is 9.78 Å². The van der Waals surface area contributed by atoms with Crippen LogP contribution in [0.25, 0.3) is 21.9 Å². The van der Waals surface area contributed by atoms with Crippen molar-refractivity contribution >= 4 is 40.4 Å². The van der Waals surface area contributed by atoms with E-state index in [0.29, 0.717) is 13.2 Å². The predicted molar refractivity (Wildman–Crippen MR) is 108 cm³/mol. The monoisotopic (exact) mass is 392 g/mol. The molecule has 8 heteroatoms. The quantitative estimate of drug-likeness (QED) is 0.540. The van der Waals surface area contributed by atoms with Crippen LogP contribution in [0.4, 0.5) is 4.79 Å². The fourth-order valence-corrected chi connectivity index (χ4v) is 2.93. The lowest BCUT2D eigenvalue weighted by molar-refractivity contribution is 0.109. The van der Waals surface area contributed by atoms with Crippen molar-refractivity contribution in [3.05, 3.63) is 36.3 Å². The summed E-state index contributed by atoms with van der Waals surface area (Å²) in [6.45, 7) is 3.09. The first kappa shape index (κ1) is 20.8. The SMILES string of the molecule is CCCCc1nc2cnc3ccccc3c2n1OCCCCNC(=O)O.Cl. The van der Waals surface area contributed by atoms with E-state index in [2.05, 4.69) is 17.2 Å². The molecular formula is C19H25ClN4O3. The number of carbonyl (C=O) groups is 1. The molecule has 146 valence electrons. The number of halogens is 1. The fraction of sp³-hybridized carbons (Fsp3) is 0.421. The molecule has 2 heterocycles. The molecule has 0 radical (unpaired) electrons. The Bertz CT molecular complexity index is 897. The molecule has 0 bridgehead atoms. The van der Waals surface area contributed by atoms with E-state index < -0.39 is 6.09 Å². The Morgan fingerprint density at radius 2 is 2.04 bits per heavy atom. The number of para-hydroxylation sites is 1. The van der Waals surface area contributed by atoms with E-state index in [9.17, 15) is 4.79 Å². The summed E-state index contributed by atoms with van der Waals surface area (Å²) in [4.78, 5) is 25.7. The summed E-state index contributed by atoms with van der Waals surface area (Å²) < 4.78 is 1.85. The van der Waals surface area contributed by atoms with Gasteiger partial charge in [-0.3, -0.25) is 4.98 Å². The van der Waals surface area contributed by atoms with Gasteiger partial charge in [-0.15, -0.1) is 12.4 Å². The highest BCUT2D eigenvalue weighted by Gasteiger charge is 2.15. The van der Waals surface area contributed by atoms with Crippen LogP contribution in [0.5, 0.6) is 0 Å². The summed E-state index contributed by atoms with van der Waals surface area (Å²) in [6, 6.07) is 7.97. The fourth-order valence-electron chi connectivity index (χ4n) is 2.93. The van der Waals surface area contributed by atoms with E-state index in [1.165, 1.54) is 0 Å². The van der Waals surface area contributed by atoms with Gasteiger partial charge in [-0.1, -0.05) is 31.5 Å². The molecule has 0 aliphatic heterocycles. The number of nitrogens with zero attached hydrogens (tertiary/aromatic N) is 3. The second-order valence-electron chi connectivity index (χ2n) is 6.21. The van der Waals surface area contributed by atoms with Gasteiger partial charge in [0.05, 0.1) is 11.7 Å². The highest BCUT2D eigenvalue weighted by molar-refractivity contribution is 6.02. The van der Waals surface area contributed by atoms with Gasteiger partial charge in [-0.2, -0.15) is 4.73 Å². The summed E-state index contributed by atoms with van der Waals surface area (Å²) in [5, 5.41) is 12.0. The number of hydrogen-bond acceptors (Lipinski definition) is 4. The van der Waals surface area contributed by atoms with Crippen LogP contribution in [0, 0.1) is 0 Å². The maximum atomic E-state index is 10.5. The second-order valence-corrected chi connectivity index (χ2v) is 6.21. The third-order valence-electron chi connectivity index (χ3n) is 4.24. The lowest BCUT2D eigenvalue weighted by atomic mass is 10.2. The Kier molecular flexibility index (Phi) is 7.67. The number of aromatic nitrogens is 3. The Hall–Kier alpha value is -2.54. The molecule has 0 aliphatic carbocycles. The third-order valence-corrected chi connectivity index (χ3v) is 4.24. The normalized spacial score (nSPS) is 10.7. The molecule has 3 rings (SSSR count). The first-order valence-electron chi connectivity index (χ1n) is 9.06. The lowest BCUT2D eigenvalue weighted by Crippen LogP contribution is -2.23. The van der Waals surface area contributed by atoms with Crippen LogP contribution in [0.3, 0.4) is 0 Å². The van der Waals surface area contributed by atoms with E-state index in [4.69, 9.17) is 14.9 Å². The summed E-state index contributed by atoms with van der Waals surface area (Å²) in [5.74, 6) is 0.906. The molecule has 1 aromatic carbocycles. The zero-order chi connectivity index (χ0) is 18.4. The summed E-state index contributed by atoms with van der Waals surface area (Å²) in [5.41, 5.74) is 2.70. The van der Waals surface area contributed by atoms with Crippen molar-refractivity contribution in [2.75, 3.05) is 13.2 Å². The highest BCUT2D eigenvalue weighted by atomic mass is 35.5. The highest BCUT2D eigenvalue weighted by Crippen LogP contribution is 2.24. The number of unbranched alkanes of at least 4 members (excludes halogenated alkanes) is 2. The van der Waals surface area contributed by atoms with Crippen LogP contribution >= 0.6 is 12.4 Å². The Morgan fingerprint density at radius 1 is 1.22 bits per heavy atom. The number of benzene rings is 1. The minimum atomic E-state index is -0.993. The summed E-state index contributed by atoms with van der Waals surface area (Å²) in [7, 11) is 0. The molecule has 0 unspecified atom stereocenters. The van der Waals surface area contributed by atoms with Crippen LogP contribution in [0.2, 0.25) is 0 Å². The van der Waals surface area contributed by atoms with Gasteiger partial charge >= 0.3 is 6.09 Å². The first-order valence-corrected chi connectivity index (χ1v) is 9.06. The van der Waals surface area contributed by atoms with Gasteiger partial charge in [-0.05, 0) is 25.3 Å². The molecule has 0 saturated heterocycles. The van der Waals surface area contributed by atoms with Gasteiger partial charge in [0, 0.05) is 18.4 Å². The van der Waals surface area contributed by atoms with Gasteiger partial charge in [0.2, 0.25) is 0 Å². The predicted octanol–water partition coefficient (Wildman–Crippen LogP) is 3.83. The molecule has 0 atom stereocenters. The Morgan fingerprint density at radius 3 is 2.81 bits per heavy atom. The van der Waals surface area contributed by atoms with Gasteiger partial charge in [0.15, 0.2) is 0 Å². The van der Waals surface area contributed by atoms with Crippen LogP contribution in [-0.2, 0) is 6.42 Å². The molecule has 27 heavy (non-hydrogen) atoms. The van der Waals surface area contributed by atoms with Crippen LogP contribution < -0.4 is 10.2 Å². The van der Waals surface area contributed by atoms with Crippen molar-refractivity contribution in [3.63, 3.8) is 0 Å². The minimum Gasteiger partial charge on any atom is -0.465 e. The number of amides is 1. The number of fused-ring (bicyclic) bond motifs is 3. The van der Waals surface area contributed by atoms with Gasteiger partial charge < -0.3 is 15.3 Å². The lowest BCUT2D eigenvalue weighted by Gasteiger charge is -2.12. The number of pyridine rings is 1. The number of hydrogen-bond donors (Lipinski definition) is 2. The van der Waals surface area contributed by atoms with E-state index >= 15 is 0 Å². The molecule has 7 nitrogen and oxygen atoms in total. The number of carboxylic acid groups (broad SMARTS) is 1. The maximum absolute atomic E-state index is 10.5. The van der Waals surface area contributed by atoms with Crippen molar-refractivity contribution in [1.82, 2.24) is 20.0 Å². The zero-order valence-corrected chi connectivity index (χ0v) is 16.2. The second kappa shape index (κ2) is 9.97. The molecule has 2 aromatic heterocycles. The van der Waals surface area contributed by atoms with Crippen LogP contribution in [-0.4, -0.2) is 39.0 Å². The maximum Gasteiger partial charge on any atom is 0.404 e. The molecule has 1 amide bonds. The third kappa shape index (κ3) is 5.01. The average molecular weight is 393 g/mol. The number of aryl methyl sites for hydroxylation is 1. The van der Waals surface area contributed by atoms with Crippen LogP contribution in [0.1, 0.15) is 38.4 Å². The van der Waals surface area contributed by atoms with Crippen molar-refractivity contribution in [1.29, 1.82) is 0 Å². The van der Waals surface area contributed by atoms with E-state index in [1.807, 2.05) is 29.0 Å². The molecule has 3 aromatic rings. The van der Waals surface area contributed by atoms with Crippen molar-refractivity contribution in [3.8, 4) is 0 Å². The Labute approximate surface area is 164 Å². The summed E-state index contributed by atoms with van der Waals surface area (Å²) >= 11 is 0. The zero-order valence-electron chi connectivity index (χ0n) is 15.4. The van der Waals surface area contributed by atoms with Gasteiger partial charge in [0.25, 0.3) is 0 Å².